The maximum atomic E-state index is 12.1. The van der Waals surface area contributed by atoms with Gasteiger partial charge < -0.3 is 5.32 Å². The first-order valence-electron chi connectivity index (χ1n) is 7.17. The topological polar surface area (TPSA) is 46.9 Å². The van der Waals surface area contributed by atoms with Gasteiger partial charge in [0.15, 0.2) is 0 Å². The molecule has 0 saturated carbocycles. The van der Waals surface area contributed by atoms with Crippen LogP contribution in [0, 0.1) is 6.92 Å². The SMILES string of the molecule is Cc1ccccc1NC(=O)Cc1cnn(-c2ccccc2)c1. The molecule has 4 nitrogen and oxygen atoms in total. The number of nitrogens with zero attached hydrogens (tertiary/aromatic N) is 2. The van der Waals surface area contributed by atoms with Gasteiger partial charge in [0, 0.05) is 11.9 Å². The van der Waals surface area contributed by atoms with Gasteiger partial charge in [-0.05, 0) is 36.2 Å². The average molecular weight is 291 g/mol. The second kappa shape index (κ2) is 6.26. The second-order valence-corrected chi connectivity index (χ2v) is 5.17. The van der Waals surface area contributed by atoms with E-state index in [1.807, 2.05) is 67.7 Å². The van der Waals surface area contributed by atoms with Crippen LogP contribution in [0.2, 0.25) is 0 Å². The van der Waals surface area contributed by atoms with Gasteiger partial charge in [-0.3, -0.25) is 4.79 Å². The molecular formula is C18H17N3O. The summed E-state index contributed by atoms with van der Waals surface area (Å²) >= 11 is 0. The molecule has 0 spiro atoms. The lowest BCUT2D eigenvalue weighted by atomic mass is 10.2. The average Bonchev–Trinajstić information content (AvgIpc) is 2.99. The Morgan fingerprint density at radius 1 is 1.09 bits per heavy atom. The zero-order valence-corrected chi connectivity index (χ0v) is 12.4. The van der Waals surface area contributed by atoms with E-state index < -0.39 is 0 Å². The summed E-state index contributed by atoms with van der Waals surface area (Å²) in [4.78, 5) is 12.1. The highest BCUT2D eigenvalue weighted by Crippen LogP contribution is 2.14. The van der Waals surface area contributed by atoms with E-state index in [0.717, 1.165) is 22.5 Å². The van der Waals surface area contributed by atoms with E-state index in [0.29, 0.717) is 6.42 Å². The normalized spacial score (nSPS) is 10.4. The number of hydrogen-bond acceptors (Lipinski definition) is 2. The summed E-state index contributed by atoms with van der Waals surface area (Å²) in [5.41, 5.74) is 3.77. The summed E-state index contributed by atoms with van der Waals surface area (Å²) < 4.78 is 1.77. The van der Waals surface area contributed by atoms with Gasteiger partial charge in [0.2, 0.25) is 5.91 Å². The smallest absolute Gasteiger partial charge is 0.228 e. The van der Waals surface area contributed by atoms with Gasteiger partial charge >= 0.3 is 0 Å². The number of amides is 1. The number of rotatable bonds is 4. The zero-order valence-electron chi connectivity index (χ0n) is 12.4. The number of nitrogens with one attached hydrogen (secondary N) is 1. The number of benzene rings is 2. The van der Waals surface area contributed by atoms with Gasteiger partial charge in [-0.1, -0.05) is 36.4 Å². The van der Waals surface area contributed by atoms with Gasteiger partial charge in [0.25, 0.3) is 0 Å². The Balaban J connectivity index is 1.68. The van der Waals surface area contributed by atoms with E-state index in [1.165, 1.54) is 0 Å². The minimum absolute atomic E-state index is 0.0399. The zero-order chi connectivity index (χ0) is 15.4. The lowest BCUT2D eigenvalue weighted by Crippen LogP contribution is -2.14. The van der Waals surface area contributed by atoms with Gasteiger partial charge in [0.1, 0.15) is 0 Å². The van der Waals surface area contributed by atoms with Gasteiger partial charge in [-0.25, -0.2) is 4.68 Å². The molecule has 0 atom stereocenters. The van der Waals surface area contributed by atoms with Crippen molar-refractivity contribution in [3.8, 4) is 5.69 Å². The molecule has 0 radical (unpaired) electrons. The number of carbonyl (C=O) groups excluding carboxylic acids is 1. The Labute approximate surface area is 129 Å². The number of aryl methyl sites for hydroxylation is 1. The largest absolute Gasteiger partial charge is 0.326 e. The van der Waals surface area contributed by atoms with Crippen molar-refractivity contribution in [2.24, 2.45) is 0 Å². The molecule has 3 rings (SSSR count). The molecular weight excluding hydrogens is 274 g/mol. The second-order valence-electron chi connectivity index (χ2n) is 5.17. The summed E-state index contributed by atoms with van der Waals surface area (Å²) in [6.07, 6.45) is 3.92. The molecule has 0 unspecified atom stereocenters. The summed E-state index contributed by atoms with van der Waals surface area (Å²) in [6, 6.07) is 17.6. The Morgan fingerprint density at radius 3 is 2.59 bits per heavy atom. The van der Waals surface area contributed by atoms with E-state index in [2.05, 4.69) is 10.4 Å². The lowest BCUT2D eigenvalue weighted by Gasteiger charge is -2.07. The van der Waals surface area contributed by atoms with E-state index >= 15 is 0 Å². The number of hydrogen-bond donors (Lipinski definition) is 1. The predicted molar refractivity (Wildman–Crippen MR) is 87.1 cm³/mol. The molecule has 0 bridgehead atoms. The first-order valence-corrected chi connectivity index (χ1v) is 7.17. The standard InChI is InChI=1S/C18H17N3O/c1-14-7-5-6-10-17(14)20-18(22)11-15-12-19-21(13-15)16-8-3-2-4-9-16/h2-10,12-13H,11H2,1H3,(H,20,22). The van der Waals surface area contributed by atoms with Crippen LogP contribution >= 0.6 is 0 Å². The predicted octanol–water partition coefficient (Wildman–Crippen LogP) is 3.36. The van der Waals surface area contributed by atoms with Crippen LogP contribution in [0.25, 0.3) is 5.69 Å². The van der Waals surface area contributed by atoms with Crippen molar-refractivity contribution in [3.05, 3.63) is 78.1 Å². The van der Waals surface area contributed by atoms with Crippen LogP contribution in [-0.4, -0.2) is 15.7 Å². The molecule has 4 heteroatoms. The van der Waals surface area contributed by atoms with Crippen LogP contribution < -0.4 is 5.32 Å². The fourth-order valence-electron chi connectivity index (χ4n) is 2.27. The van der Waals surface area contributed by atoms with Gasteiger partial charge in [0.05, 0.1) is 18.3 Å². The van der Waals surface area contributed by atoms with Crippen LogP contribution in [0.15, 0.2) is 67.0 Å². The first-order chi connectivity index (χ1) is 10.7. The molecule has 1 amide bonds. The van der Waals surface area contributed by atoms with E-state index in [-0.39, 0.29) is 5.91 Å². The van der Waals surface area contributed by atoms with Crippen LogP contribution in [0.4, 0.5) is 5.69 Å². The highest BCUT2D eigenvalue weighted by atomic mass is 16.1. The first kappa shape index (κ1) is 14.1. The lowest BCUT2D eigenvalue weighted by molar-refractivity contribution is -0.115. The molecule has 110 valence electrons. The third-order valence-electron chi connectivity index (χ3n) is 3.44. The van der Waals surface area contributed by atoms with Crippen molar-refractivity contribution in [3.63, 3.8) is 0 Å². The van der Waals surface area contributed by atoms with Crippen molar-refractivity contribution in [1.29, 1.82) is 0 Å². The molecule has 0 saturated heterocycles. The fraction of sp³-hybridized carbons (Fsp3) is 0.111. The van der Waals surface area contributed by atoms with Crippen LogP contribution in [0.1, 0.15) is 11.1 Å². The molecule has 22 heavy (non-hydrogen) atoms. The minimum Gasteiger partial charge on any atom is -0.326 e. The van der Waals surface area contributed by atoms with E-state index in [9.17, 15) is 4.79 Å². The van der Waals surface area contributed by atoms with Gasteiger partial charge in [-0.2, -0.15) is 5.10 Å². The van der Waals surface area contributed by atoms with Crippen molar-refractivity contribution >= 4 is 11.6 Å². The number of carbonyl (C=O) groups is 1. The molecule has 0 aliphatic carbocycles. The minimum atomic E-state index is -0.0399. The van der Waals surface area contributed by atoms with E-state index in [1.54, 1.807) is 10.9 Å². The van der Waals surface area contributed by atoms with E-state index in [4.69, 9.17) is 0 Å². The van der Waals surface area contributed by atoms with Crippen LogP contribution in [0.3, 0.4) is 0 Å². The number of aromatic nitrogens is 2. The molecule has 3 aromatic rings. The van der Waals surface area contributed by atoms with Crippen LogP contribution in [0.5, 0.6) is 0 Å². The number of anilines is 1. The third kappa shape index (κ3) is 3.23. The summed E-state index contributed by atoms with van der Waals surface area (Å²) in [5, 5.41) is 7.23. The van der Waals surface area contributed by atoms with Crippen molar-refractivity contribution in [2.75, 3.05) is 5.32 Å². The Kier molecular flexibility index (Phi) is 4.01. The summed E-state index contributed by atoms with van der Waals surface area (Å²) in [6.45, 7) is 1.98. The highest BCUT2D eigenvalue weighted by Gasteiger charge is 2.08. The molecule has 0 aliphatic rings. The summed E-state index contributed by atoms with van der Waals surface area (Å²) in [5.74, 6) is -0.0399. The van der Waals surface area contributed by atoms with Crippen molar-refractivity contribution in [2.45, 2.75) is 13.3 Å². The quantitative estimate of drug-likeness (QED) is 0.801. The molecule has 2 aromatic carbocycles. The Bertz CT molecular complexity index is 778. The molecule has 1 heterocycles. The molecule has 1 N–H and O–H groups in total. The molecule has 1 aromatic heterocycles. The third-order valence-corrected chi connectivity index (χ3v) is 3.44. The van der Waals surface area contributed by atoms with Gasteiger partial charge in [-0.15, -0.1) is 0 Å². The summed E-state index contributed by atoms with van der Waals surface area (Å²) in [7, 11) is 0. The Hall–Kier alpha value is -2.88. The highest BCUT2D eigenvalue weighted by molar-refractivity contribution is 5.92. The number of para-hydroxylation sites is 2. The molecule has 0 aliphatic heterocycles. The maximum Gasteiger partial charge on any atom is 0.228 e. The van der Waals surface area contributed by atoms with Crippen molar-refractivity contribution < 1.29 is 4.79 Å². The van der Waals surface area contributed by atoms with Crippen molar-refractivity contribution in [1.82, 2.24) is 9.78 Å². The molecule has 0 fully saturated rings. The van der Waals surface area contributed by atoms with Crippen LogP contribution in [-0.2, 0) is 11.2 Å². The maximum absolute atomic E-state index is 12.1. The Morgan fingerprint density at radius 2 is 1.82 bits per heavy atom. The fourth-order valence-corrected chi connectivity index (χ4v) is 2.27. The monoisotopic (exact) mass is 291 g/mol.